The summed E-state index contributed by atoms with van der Waals surface area (Å²) >= 11 is 0. The fourth-order valence-corrected chi connectivity index (χ4v) is 2.35. The summed E-state index contributed by atoms with van der Waals surface area (Å²) < 4.78 is 10.7. The lowest BCUT2D eigenvalue weighted by Gasteiger charge is -2.26. The Morgan fingerprint density at radius 1 is 1.50 bits per heavy atom. The van der Waals surface area contributed by atoms with E-state index in [0.29, 0.717) is 19.0 Å². The van der Waals surface area contributed by atoms with Gasteiger partial charge in [-0.1, -0.05) is 25.1 Å². The van der Waals surface area contributed by atoms with Crippen LogP contribution in [0.5, 0.6) is 5.75 Å². The van der Waals surface area contributed by atoms with Gasteiger partial charge >= 0.3 is 0 Å². The van der Waals surface area contributed by atoms with Crippen LogP contribution in [-0.4, -0.2) is 26.1 Å². The van der Waals surface area contributed by atoms with Gasteiger partial charge in [0.2, 0.25) is 0 Å². The van der Waals surface area contributed by atoms with Crippen LogP contribution in [0.2, 0.25) is 0 Å². The molecule has 1 heterocycles. The third-order valence-electron chi connectivity index (χ3n) is 3.52. The summed E-state index contributed by atoms with van der Waals surface area (Å²) in [5.41, 5.74) is 1.14. The van der Waals surface area contributed by atoms with E-state index in [9.17, 15) is 4.79 Å². The Labute approximate surface area is 108 Å². The first kappa shape index (κ1) is 13.1. The number of hydrogen-bond donors (Lipinski definition) is 0. The molecule has 2 rings (SSSR count). The lowest BCUT2D eigenvalue weighted by Crippen LogP contribution is -2.32. The largest absolute Gasteiger partial charge is 0.493 e. The molecule has 2 unspecified atom stereocenters. The number of carbonyl (C=O) groups is 1. The van der Waals surface area contributed by atoms with Gasteiger partial charge in [-0.05, 0) is 24.5 Å². The van der Waals surface area contributed by atoms with Gasteiger partial charge in [0.05, 0.1) is 12.5 Å². The summed E-state index contributed by atoms with van der Waals surface area (Å²) in [5.74, 6) is 1.25. The highest BCUT2D eigenvalue weighted by Crippen LogP contribution is 2.28. The Morgan fingerprint density at radius 3 is 3.06 bits per heavy atom. The minimum Gasteiger partial charge on any atom is -0.493 e. The summed E-state index contributed by atoms with van der Waals surface area (Å²) in [5, 5.41) is 0. The van der Waals surface area contributed by atoms with Crippen LogP contribution in [0, 0.1) is 11.8 Å². The van der Waals surface area contributed by atoms with E-state index in [-0.39, 0.29) is 11.8 Å². The van der Waals surface area contributed by atoms with Crippen LogP contribution < -0.4 is 4.74 Å². The molecule has 3 nitrogen and oxygen atoms in total. The van der Waals surface area contributed by atoms with Crippen molar-refractivity contribution in [3.63, 3.8) is 0 Å². The molecule has 0 saturated carbocycles. The molecule has 1 aromatic rings. The maximum Gasteiger partial charge on any atom is 0.142 e. The van der Waals surface area contributed by atoms with Crippen molar-refractivity contribution in [2.75, 3.05) is 20.3 Å². The maximum absolute atomic E-state index is 12.3. The highest BCUT2D eigenvalue weighted by atomic mass is 16.5. The number of rotatable bonds is 5. The molecule has 1 aliphatic rings. The molecule has 2 atom stereocenters. The van der Waals surface area contributed by atoms with Crippen LogP contribution >= 0.6 is 0 Å². The van der Waals surface area contributed by atoms with Gasteiger partial charge in [-0.25, -0.2) is 0 Å². The SMILES string of the molecule is COCCC(C)C(=O)C1COc2ccccc2C1. The lowest BCUT2D eigenvalue weighted by atomic mass is 9.86. The minimum absolute atomic E-state index is 0.00763. The first-order valence-electron chi connectivity index (χ1n) is 6.45. The zero-order valence-corrected chi connectivity index (χ0v) is 11.0. The molecule has 1 aromatic carbocycles. The number of carbonyl (C=O) groups excluding carboxylic acids is 1. The molecular formula is C15H20O3. The second kappa shape index (κ2) is 6.01. The molecule has 0 aromatic heterocycles. The van der Waals surface area contributed by atoms with Gasteiger partial charge in [-0.3, -0.25) is 4.79 Å². The van der Waals surface area contributed by atoms with Gasteiger partial charge in [0.25, 0.3) is 0 Å². The Morgan fingerprint density at radius 2 is 2.28 bits per heavy atom. The van der Waals surface area contributed by atoms with E-state index >= 15 is 0 Å². The summed E-state index contributed by atoms with van der Waals surface area (Å²) in [7, 11) is 1.66. The molecule has 18 heavy (non-hydrogen) atoms. The van der Waals surface area contributed by atoms with E-state index in [2.05, 4.69) is 0 Å². The van der Waals surface area contributed by atoms with Crippen molar-refractivity contribution >= 4 is 5.78 Å². The smallest absolute Gasteiger partial charge is 0.142 e. The fraction of sp³-hybridized carbons (Fsp3) is 0.533. The van der Waals surface area contributed by atoms with Gasteiger partial charge < -0.3 is 9.47 Å². The average molecular weight is 248 g/mol. The van der Waals surface area contributed by atoms with Gasteiger partial charge in [0.1, 0.15) is 11.5 Å². The van der Waals surface area contributed by atoms with Crippen LogP contribution in [0.3, 0.4) is 0 Å². The van der Waals surface area contributed by atoms with Crippen molar-refractivity contribution in [2.45, 2.75) is 19.8 Å². The zero-order chi connectivity index (χ0) is 13.0. The van der Waals surface area contributed by atoms with Crippen molar-refractivity contribution in [1.29, 1.82) is 0 Å². The molecule has 0 bridgehead atoms. The number of methoxy groups -OCH3 is 1. The first-order chi connectivity index (χ1) is 8.72. The van der Waals surface area contributed by atoms with Gasteiger partial charge in [0.15, 0.2) is 0 Å². The molecule has 0 N–H and O–H groups in total. The predicted molar refractivity (Wildman–Crippen MR) is 69.8 cm³/mol. The topological polar surface area (TPSA) is 35.5 Å². The summed E-state index contributed by atoms with van der Waals surface area (Å²) in [4.78, 5) is 12.3. The molecule has 0 spiro atoms. The van der Waals surface area contributed by atoms with Crippen molar-refractivity contribution < 1.29 is 14.3 Å². The predicted octanol–water partition coefficient (Wildman–Crippen LogP) is 2.48. The molecule has 1 aliphatic heterocycles. The van der Waals surface area contributed by atoms with E-state index in [0.717, 1.165) is 24.2 Å². The van der Waals surface area contributed by atoms with Gasteiger partial charge in [-0.2, -0.15) is 0 Å². The van der Waals surface area contributed by atoms with Crippen LogP contribution in [0.25, 0.3) is 0 Å². The lowest BCUT2D eigenvalue weighted by molar-refractivity contribution is -0.128. The number of hydrogen-bond acceptors (Lipinski definition) is 3. The normalized spacial score (nSPS) is 19.8. The number of ketones is 1. The number of para-hydroxylation sites is 1. The van der Waals surface area contributed by atoms with Crippen molar-refractivity contribution in [3.05, 3.63) is 29.8 Å². The summed E-state index contributed by atoms with van der Waals surface area (Å²) in [6, 6.07) is 7.95. The number of fused-ring (bicyclic) bond motifs is 1. The molecule has 0 saturated heterocycles. The van der Waals surface area contributed by atoms with Crippen LogP contribution in [0.15, 0.2) is 24.3 Å². The number of ether oxygens (including phenoxy) is 2. The molecule has 98 valence electrons. The van der Waals surface area contributed by atoms with E-state index in [1.807, 2.05) is 31.2 Å². The highest BCUT2D eigenvalue weighted by molar-refractivity contribution is 5.83. The second-order valence-electron chi connectivity index (χ2n) is 4.90. The Bertz CT molecular complexity index is 414. The molecule has 3 heteroatoms. The van der Waals surface area contributed by atoms with Crippen molar-refractivity contribution in [1.82, 2.24) is 0 Å². The molecule has 0 amide bonds. The second-order valence-corrected chi connectivity index (χ2v) is 4.90. The van der Waals surface area contributed by atoms with E-state index in [1.54, 1.807) is 7.11 Å². The Hall–Kier alpha value is -1.35. The minimum atomic E-state index is -0.00763. The molecule has 0 aliphatic carbocycles. The number of Topliss-reactive ketones (excluding diaryl/α,β-unsaturated/α-hetero) is 1. The van der Waals surface area contributed by atoms with Crippen molar-refractivity contribution in [2.24, 2.45) is 11.8 Å². The zero-order valence-electron chi connectivity index (χ0n) is 11.0. The fourth-order valence-electron chi connectivity index (χ4n) is 2.35. The molecule has 0 radical (unpaired) electrons. The van der Waals surface area contributed by atoms with Crippen LogP contribution in [0.1, 0.15) is 18.9 Å². The number of benzene rings is 1. The van der Waals surface area contributed by atoms with E-state index in [1.165, 1.54) is 0 Å². The third kappa shape index (κ3) is 2.91. The standard InChI is InChI=1S/C15H20O3/c1-11(7-8-17-2)15(16)13-9-12-5-3-4-6-14(12)18-10-13/h3-6,11,13H,7-10H2,1-2H3. The first-order valence-corrected chi connectivity index (χ1v) is 6.45. The Kier molecular flexibility index (Phi) is 4.37. The maximum atomic E-state index is 12.3. The average Bonchev–Trinajstić information content (AvgIpc) is 2.43. The van der Waals surface area contributed by atoms with E-state index in [4.69, 9.17) is 9.47 Å². The molecular weight excluding hydrogens is 228 g/mol. The van der Waals surface area contributed by atoms with Gasteiger partial charge in [-0.15, -0.1) is 0 Å². The molecule has 0 fully saturated rings. The van der Waals surface area contributed by atoms with Gasteiger partial charge in [0, 0.05) is 19.6 Å². The summed E-state index contributed by atoms with van der Waals surface area (Å²) in [6.45, 7) is 3.12. The monoisotopic (exact) mass is 248 g/mol. The van der Waals surface area contributed by atoms with Crippen LogP contribution in [0.4, 0.5) is 0 Å². The quantitative estimate of drug-likeness (QED) is 0.803. The Balaban J connectivity index is 1.98. The summed E-state index contributed by atoms with van der Waals surface area (Å²) in [6.07, 6.45) is 1.58. The third-order valence-corrected chi connectivity index (χ3v) is 3.52. The van der Waals surface area contributed by atoms with E-state index < -0.39 is 0 Å². The highest BCUT2D eigenvalue weighted by Gasteiger charge is 2.28. The van der Waals surface area contributed by atoms with Crippen LogP contribution in [-0.2, 0) is 16.0 Å². The van der Waals surface area contributed by atoms with Crippen molar-refractivity contribution in [3.8, 4) is 5.75 Å².